The van der Waals surface area contributed by atoms with Crippen molar-refractivity contribution in [1.29, 1.82) is 0 Å². The molecule has 3 N–H and O–H groups in total. The zero-order valence-electron chi connectivity index (χ0n) is 8.24. The van der Waals surface area contributed by atoms with Crippen LogP contribution in [0.2, 0.25) is 0 Å². The van der Waals surface area contributed by atoms with E-state index in [1.807, 2.05) is 5.38 Å². The Morgan fingerprint density at radius 2 is 2.00 bits per heavy atom. The Hall–Kier alpha value is -1.26. The molecular weight excluding hydrogens is 211 g/mol. The minimum Gasteiger partial charge on any atom is -0.357 e. The molecule has 2 rings (SSSR count). The number of quaternary nitrogens is 1. The number of aromatic nitrogens is 1. The normalized spacial score (nSPS) is 10.5. The Bertz CT molecular complexity index is 436. The van der Waals surface area contributed by atoms with Crippen molar-refractivity contribution >= 4 is 11.3 Å². The summed E-state index contributed by atoms with van der Waals surface area (Å²) in [5, 5.41) is 3.09. The second kappa shape index (κ2) is 4.51. The van der Waals surface area contributed by atoms with Gasteiger partial charge in [0.15, 0.2) is 0 Å². The predicted octanol–water partition coefficient (Wildman–Crippen LogP) is 1.73. The highest BCUT2D eigenvalue weighted by Gasteiger charge is 2.04. The molecule has 0 radical (unpaired) electrons. The molecule has 0 amide bonds. The number of benzene rings is 1. The molecule has 2 aromatic rings. The van der Waals surface area contributed by atoms with Gasteiger partial charge < -0.3 is 5.73 Å². The van der Waals surface area contributed by atoms with Crippen LogP contribution in [-0.4, -0.2) is 11.5 Å². The number of hydrogen-bond donors (Lipinski definition) is 1. The van der Waals surface area contributed by atoms with E-state index in [0.29, 0.717) is 0 Å². The van der Waals surface area contributed by atoms with Crippen molar-refractivity contribution in [1.82, 2.24) is 4.98 Å². The number of hydrogen-bond acceptors (Lipinski definition) is 2. The number of thiazole rings is 1. The summed E-state index contributed by atoms with van der Waals surface area (Å²) in [6, 6.07) is 6.40. The minimum absolute atomic E-state index is 0.216. The van der Waals surface area contributed by atoms with Gasteiger partial charge in [-0.25, -0.2) is 9.37 Å². The lowest BCUT2D eigenvalue weighted by Gasteiger charge is -1.95. The summed E-state index contributed by atoms with van der Waals surface area (Å²) < 4.78 is 12.7. The maximum atomic E-state index is 12.7. The number of nitrogens with zero attached hydrogens (tertiary/aromatic N) is 1. The summed E-state index contributed by atoms with van der Waals surface area (Å²) in [6.45, 7) is 0.858. The molecule has 0 fully saturated rings. The molecule has 15 heavy (non-hydrogen) atoms. The summed E-state index contributed by atoms with van der Waals surface area (Å²) in [6.07, 6.45) is 0.909. The van der Waals surface area contributed by atoms with Gasteiger partial charge >= 0.3 is 0 Å². The van der Waals surface area contributed by atoms with Crippen LogP contribution >= 0.6 is 11.3 Å². The van der Waals surface area contributed by atoms with E-state index in [9.17, 15) is 4.39 Å². The molecule has 2 nitrogen and oxygen atoms in total. The fourth-order valence-electron chi connectivity index (χ4n) is 1.33. The Morgan fingerprint density at radius 3 is 2.67 bits per heavy atom. The van der Waals surface area contributed by atoms with Crippen molar-refractivity contribution in [2.75, 3.05) is 6.54 Å². The lowest BCUT2D eigenvalue weighted by Crippen LogP contribution is -2.51. The molecule has 0 unspecified atom stereocenters. The first-order valence-corrected chi connectivity index (χ1v) is 5.67. The molecule has 1 heterocycles. The second-order valence-corrected chi connectivity index (χ2v) is 4.18. The summed E-state index contributed by atoms with van der Waals surface area (Å²) in [7, 11) is 0. The van der Waals surface area contributed by atoms with E-state index in [2.05, 4.69) is 10.7 Å². The Labute approximate surface area is 91.6 Å². The fourth-order valence-corrected chi connectivity index (χ4v) is 2.18. The smallest absolute Gasteiger partial charge is 0.123 e. The van der Waals surface area contributed by atoms with Crippen LogP contribution in [0.3, 0.4) is 0 Å². The molecule has 0 saturated carbocycles. The van der Waals surface area contributed by atoms with E-state index in [1.54, 1.807) is 23.5 Å². The van der Waals surface area contributed by atoms with Crippen molar-refractivity contribution in [2.45, 2.75) is 6.42 Å². The van der Waals surface area contributed by atoms with Crippen LogP contribution in [0.4, 0.5) is 4.39 Å². The van der Waals surface area contributed by atoms with Crippen LogP contribution in [0.15, 0.2) is 29.6 Å². The largest absolute Gasteiger partial charge is 0.357 e. The first-order valence-electron chi connectivity index (χ1n) is 4.79. The molecule has 0 aliphatic heterocycles. The van der Waals surface area contributed by atoms with Crippen LogP contribution < -0.4 is 5.73 Å². The van der Waals surface area contributed by atoms with Crippen LogP contribution in [-0.2, 0) is 6.42 Å². The van der Waals surface area contributed by atoms with E-state index in [4.69, 9.17) is 0 Å². The fraction of sp³-hybridized carbons (Fsp3) is 0.182. The molecule has 78 valence electrons. The predicted molar refractivity (Wildman–Crippen MR) is 59.0 cm³/mol. The van der Waals surface area contributed by atoms with Gasteiger partial charge in [-0.15, -0.1) is 11.3 Å². The average molecular weight is 223 g/mol. The highest BCUT2D eigenvalue weighted by molar-refractivity contribution is 7.09. The second-order valence-electron chi connectivity index (χ2n) is 3.24. The summed E-state index contributed by atoms with van der Waals surface area (Å²) in [5.41, 5.74) is 5.67. The molecular formula is C11H12FN2S+. The topological polar surface area (TPSA) is 40.5 Å². The lowest BCUT2D eigenvalue weighted by atomic mass is 10.2. The molecule has 0 atom stereocenters. The highest BCUT2D eigenvalue weighted by atomic mass is 32.1. The monoisotopic (exact) mass is 223 g/mol. The van der Waals surface area contributed by atoms with Crippen LogP contribution in [0.1, 0.15) is 5.01 Å². The first-order chi connectivity index (χ1) is 7.29. The van der Waals surface area contributed by atoms with Gasteiger partial charge in [0.1, 0.15) is 5.82 Å². The van der Waals surface area contributed by atoms with Gasteiger partial charge in [-0.3, -0.25) is 0 Å². The lowest BCUT2D eigenvalue weighted by molar-refractivity contribution is -0.366. The summed E-state index contributed by atoms with van der Waals surface area (Å²) in [5.74, 6) is -0.216. The van der Waals surface area contributed by atoms with Crippen LogP contribution in [0.5, 0.6) is 0 Å². The van der Waals surface area contributed by atoms with Gasteiger partial charge in [0.05, 0.1) is 17.2 Å². The molecule has 0 saturated heterocycles. The standard InChI is InChI=1S/C11H11FN2S/c12-9-3-1-8(2-4-9)10-7-15-11(14-10)5-6-13/h1-4,7H,5-6,13H2/p+1. The van der Waals surface area contributed by atoms with E-state index in [-0.39, 0.29) is 5.82 Å². The van der Waals surface area contributed by atoms with E-state index in [1.165, 1.54) is 12.1 Å². The van der Waals surface area contributed by atoms with E-state index >= 15 is 0 Å². The van der Waals surface area contributed by atoms with Gasteiger partial charge in [-0.05, 0) is 24.3 Å². The molecule has 0 aliphatic rings. The quantitative estimate of drug-likeness (QED) is 0.846. The molecule has 0 aliphatic carbocycles. The maximum Gasteiger partial charge on any atom is 0.123 e. The molecule has 0 bridgehead atoms. The number of halogens is 1. The Kier molecular flexibility index (Phi) is 3.08. The first kappa shape index (κ1) is 10.3. The van der Waals surface area contributed by atoms with Gasteiger partial charge in [0.2, 0.25) is 0 Å². The van der Waals surface area contributed by atoms with Crippen molar-refractivity contribution in [2.24, 2.45) is 0 Å². The van der Waals surface area contributed by atoms with Crippen molar-refractivity contribution in [3.05, 3.63) is 40.5 Å². The van der Waals surface area contributed by atoms with Gasteiger partial charge in [-0.1, -0.05) is 0 Å². The van der Waals surface area contributed by atoms with E-state index < -0.39 is 0 Å². The average Bonchev–Trinajstić information content (AvgIpc) is 2.68. The molecule has 4 heteroatoms. The SMILES string of the molecule is [NH3+]CCc1nc(-c2ccc(F)cc2)cs1. The Balaban J connectivity index is 2.25. The minimum atomic E-state index is -0.216. The van der Waals surface area contributed by atoms with Gasteiger partial charge in [0.25, 0.3) is 0 Å². The summed E-state index contributed by atoms with van der Waals surface area (Å²) in [4.78, 5) is 4.46. The van der Waals surface area contributed by atoms with Gasteiger partial charge in [-0.2, -0.15) is 0 Å². The Morgan fingerprint density at radius 1 is 1.27 bits per heavy atom. The van der Waals surface area contributed by atoms with Crippen molar-refractivity contribution in [3.63, 3.8) is 0 Å². The molecule has 1 aromatic carbocycles. The maximum absolute atomic E-state index is 12.7. The van der Waals surface area contributed by atoms with Crippen molar-refractivity contribution < 1.29 is 10.1 Å². The third-order valence-electron chi connectivity index (χ3n) is 2.08. The van der Waals surface area contributed by atoms with E-state index in [0.717, 1.165) is 29.2 Å². The zero-order valence-corrected chi connectivity index (χ0v) is 9.06. The third-order valence-corrected chi connectivity index (χ3v) is 2.99. The van der Waals surface area contributed by atoms with Gasteiger partial charge in [0, 0.05) is 17.4 Å². The number of rotatable bonds is 3. The van der Waals surface area contributed by atoms with Crippen molar-refractivity contribution in [3.8, 4) is 11.3 Å². The molecule has 0 spiro atoms. The van der Waals surface area contributed by atoms with Crippen LogP contribution in [0.25, 0.3) is 11.3 Å². The highest BCUT2D eigenvalue weighted by Crippen LogP contribution is 2.22. The zero-order chi connectivity index (χ0) is 10.7. The summed E-state index contributed by atoms with van der Waals surface area (Å²) >= 11 is 1.63. The third kappa shape index (κ3) is 2.40. The molecule has 1 aromatic heterocycles. The van der Waals surface area contributed by atoms with Crippen LogP contribution in [0, 0.1) is 5.82 Å².